The van der Waals surface area contributed by atoms with E-state index in [9.17, 15) is 13.2 Å². The highest BCUT2D eigenvalue weighted by Gasteiger charge is 2.20. The second-order valence-corrected chi connectivity index (χ2v) is 6.01. The maximum atomic E-state index is 12.0. The molecule has 2 aromatic rings. The van der Waals surface area contributed by atoms with E-state index in [4.69, 9.17) is 0 Å². The first-order valence-corrected chi connectivity index (χ1v) is 6.71. The Bertz CT molecular complexity index is 603. The molecule has 0 amide bonds. The van der Waals surface area contributed by atoms with Gasteiger partial charge in [-0.05, 0) is 12.1 Å². The van der Waals surface area contributed by atoms with Gasteiger partial charge in [-0.15, -0.1) is 11.3 Å². The number of hydrogen-bond donors (Lipinski definition) is 0. The highest BCUT2D eigenvalue weighted by atomic mass is 32.2. The van der Waals surface area contributed by atoms with Gasteiger partial charge in [0.2, 0.25) is 14.2 Å². The van der Waals surface area contributed by atoms with Crippen molar-refractivity contribution in [1.29, 1.82) is 0 Å². The summed E-state index contributed by atoms with van der Waals surface area (Å²) in [5.74, 6) is 0. The highest BCUT2D eigenvalue weighted by molar-refractivity contribution is 7.93. The SMILES string of the molecule is O=Cc1cccc(S(=O)(=O)c2nccs2)c1. The normalized spacial score (nSPS) is 11.2. The Morgan fingerprint density at radius 1 is 1.31 bits per heavy atom. The molecule has 0 saturated carbocycles. The van der Waals surface area contributed by atoms with Crippen LogP contribution in [-0.4, -0.2) is 19.7 Å². The summed E-state index contributed by atoms with van der Waals surface area (Å²) in [5.41, 5.74) is 0.331. The molecule has 0 N–H and O–H groups in total. The Hall–Kier alpha value is -1.53. The minimum atomic E-state index is -3.58. The van der Waals surface area contributed by atoms with Crippen LogP contribution in [0, 0.1) is 0 Å². The molecule has 2 rings (SSSR count). The average molecular weight is 253 g/mol. The van der Waals surface area contributed by atoms with Gasteiger partial charge < -0.3 is 0 Å². The fourth-order valence-corrected chi connectivity index (χ4v) is 3.47. The summed E-state index contributed by atoms with van der Waals surface area (Å²) in [6.07, 6.45) is 2.04. The minimum absolute atomic E-state index is 0.0375. The molecule has 0 aliphatic carbocycles. The standard InChI is InChI=1S/C10H7NO3S2/c12-7-8-2-1-3-9(6-8)16(13,14)10-11-4-5-15-10/h1-7H. The fraction of sp³-hybridized carbons (Fsp3) is 0. The first kappa shape index (κ1) is 11.0. The Morgan fingerprint density at radius 2 is 2.12 bits per heavy atom. The maximum Gasteiger partial charge on any atom is 0.233 e. The van der Waals surface area contributed by atoms with Gasteiger partial charge in [0.15, 0.2) is 0 Å². The summed E-state index contributed by atoms with van der Waals surface area (Å²) >= 11 is 1.05. The number of sulfone groups is 1. The fourth-order valence-electron chi connectivity index (χ4n) is 1.20. The van der Waals surface area contributed by atoms with Crippen LogP contribution >= 0.6 is 11.3 Å². The van der Waals surface area contributed by atoms with Crippen molar-refractivity contribution >= 4 is 27.5 Å². The van der Waals surface area contributed by atoms with E-state index in [-0.39, 0.29) is 9.24 Å². The maximum absolute atomic E-state index is 12.0. The summed E-state index contributed by atoms with van der Waals surface area (Å²) in [4.78, 5) is 14.4. The third-order valence-corrected chi connectivity index (χ3v) is 4.90. The molecular weight excluding hydrogens is 246 g/mol. The lowest BCUT2D eigenvalue weighted by atomic mass is 10.2. The van der Waals surface area contributed by atoms with E-state index in [0.717, 1.165) is 11.3 Å². The van der Waals surface area contributed by atoms with Crippen LogP contribution in [-0.2, 0) is 9.84 Å². The van der Waals surface area contributed by atoms with E-state index in [0.29, 0.717) is 11.8 Å². The number of benzene rings is 1. The number of nitrogens with zero attached hydrogens (tertiary/aromatic N) is 1. The lowest BCUT2D eigenvalue weighted by Gasteiger charge is -2.00. The van der Waals surface area contributed by atoms with Gasteiger partial charge in [0, 0.05) is 17.1 Å². The second kappa shape index (κ2) is 4.15. The van der Waals surface area contributed by atoms with Crippen molar-refractivity contribution in [3.8, 4) is 0 Å². The smallest absolute Gasteiger partial charge is 0.233 e. The molecule has 0 spiro atoms. The third kappa shape index (κ3) is 1.89. The van der Waals surface area contributed by atoms with Crippen molar-refractivity contribution in [1.82, 2.24) is 4.98 Å². The predicted octanol–water partition coefficient (Wildman–Crippen LogP) is 1.79. The van der Waals surface area contributed by atoms with Crippen molar-refractivity contribution in [2.75, 3.05) is 0 Å². The highest BCUT2D eigenvalue weighted by Crippen LogP contribution is 2.22. The van der Waals surface area contributed by atoms with Gasteiger partial charge in [0.1, 0.15) is 6.29 Å². The summed E-state index contributed by atoms with van der Waals surface area (Å²) in [6.45, 7) is 0. The third-order valence-electron chi connectivity index (χ3n) is 1.94. The van der Waals surface area contributed by atoms with Gasteiger partial charge in [-0.2, -0.15) is 0 Å². The molecule has 0 aliphatic rings. The topological polar surface area (TPSA) is 64.1 Å². The number of thiazole rings is 1. The number of rotatable bonds is 3. The molecule has 0 fully saturated rings. The van der Waals surface area contributed by atoms with Gasteiger partial charge in [0.25, 0.3) is 0 Å². The average Bonchev–Trinajstić information content (AvgIpc) is 2.83. The molecule has 1 aromatic heterocycles. The molecule has 16 heavy (non-hydrogen) atoms. The molecule has 0 aliphatic heterocycles. The molecule has 0 atom stereocenters. The Balaban J connectivity index is 2.56. The van der Waals surface area contributed by atoms with Crippen molar-refractivity contribution in [2.24, 2.45) is 0 Å². The van der Waals surface area contributed by atoms with Crippen LogP contribution in [0.15, 0.2) is 45.1 Å². The zero-order chi connectivity index (χ0) is 11.6. The van der Waals surface area contributed by atoms with Crippen LogP contribution in [0.1, 0.15) is 10.4 Å². The number of carbonyl (C=O) groups excluding carboxylic acids is 1. The quantitative estimate of drug-likeness (QED) is 0.782. The summed E-state index contributed by atoms with van der Waals surface area (Å²) in [5, 5.41) is 1.59. The second-order valence-electron chi connectivity index (χ2n) is 2.99. The number of aromatic nitrogens is 1. The number of aldehydes is 1. The first-order valence-electron chi connectivity index (χ1n) is 4.34. The van der Waals surface area contributed by atoms with E-state index < -0.39 is 9.84 Å². The van der Waals surface area contributed by atoms with Crippen LogP contribution in [0.2, 0.25) is 0 Å². The van der Waals surface area contributed by atoms with E-state index in [1.54, 1.807) is 11.4 Å². The van der Waals surface area contributed by atoms with E-state index >= 15 is 0 Å². The van der Waals surface area contributed by atoms with Crippen LogP contribution in [0.5, 0.6) is 0 Å². The zero-order valence-electron chi connectivity index (χ0n) is 8.03. The molecule has 6 heteroatoms. The minimum Gasteiger partial charge on any atom is -0.298 e. The van der Waals surface area contributed by atoms with E-state index in [1.165, 1.54) is 24.4 Å². The Labute approximate surface area is 96.5 Å². The van der Waals surface area contributed by atoms with Gasteiger partial charge in [0.05, 0.1) is 4.90 Å². The van der Waals surface area contributed by atoms with Crippen molar-refractivity contribution in [3.63, 3.8) is 0 Å². The molecule has 0 unspecified atom stereocenters. The molecule has 1 heterocycles. The lowest BCUT2D eigenvalue weighted by molar-refractivity contribution is 0.112. The predicted molar refractivity (Wildman–Crippen MR) is 59.4 cm³/mol. The molecule has 0 saturated heterocycles. The zero-order valence-corrected chi connectivity index (χ0v) is 9.66. The van der Waals surface area contributed by atoms with Gasteiger partial charge in [-0.25, -0.2) is 13.4 Å². The van der Waals surface area contributed by atoms with Gasteiger partial charge in [-0.1, -0.05) is 12.1 Å². The largest absolute Gasteiger partial charge is 0.298 e. The van der Waals surface area contributed by atoms with Crippen molar-refractivity contribution in [2.45, 2.75) is 9.24 Å². The van der Waals surface area contributed by atoms with Crippen LogP contribution in [0.3, 0.4) is 0 Å². The summed E-state index contributed by atoms with van der Waals surface area (Å²) < 4.78 is 24.0. The Morgan fingerprint density at radius 3 is 2.75 bits per heavy atom. The monoisotopic (exact) mass is 253 g/mol. The van der Waals surface area contributed by atoms with Gasteiger partial charge in [-0.3, -0.25) is 4.79 Å². The molecular formula is C10H7NO3S2. The molecule has 0 bridgehead atoms. The van der Waals surface area contributed by atoms with E-state index in [1.807, 2.05) is 0 Å². The van der Waals surface area contributed by atoms with Crippen LogP contribution in [0.4, 0.5) is 0 Å². The summed E-state index contributed by atoms with van der Waals surface area (Å²) in [6, 6.07) is 5.87. The van der Waals surface area contributed by atoms with E-state index in [2.05, 4.69) is 4.98 Å². The number of hydrogen-bond acceptors (Lipinski definition) is 5. The molecule has 0 radical (unpaired) electrons. The van der Waals surface area contributed by atoms with Crippen LogP contribution in [0.25, 0.3) is 0 Å². The van der Waals surface area contributed by atoms with Crippen LogP contribution < -0.4 is 0 Å². The molecule has 82 valence electrons. The number of carbonyl (C=O) groups is 1. The molecule has 4 nitrogen and oxygen atoms in total. The first-order chi connectivity index (χ1) is 7.64. The van der Waals surface area contributed by atoms with Gasteiger partial charge >= 0.3 is 0 Å². The Kier molecular flexibility index (Phi) is 2.84. The van der Waals surface area contributed by atoms with Crippen molar-refractivity contribution < 1.29 is 13.2 Å². The summed E-state index contributed by atoms with van der Waals surface area (Å²) in [7, 11) is -3.58. The van der Waals surface area contributed by atoms with Crippen molar-refractivity contribution in [3.05, 3.63) is 41.4 Å². The molecule has 1 aromatic carbocycles. The lowest BCUT2D eigenvalue weighted by Crippen LogP contribution is -2.01.